The van der Waals surface area contributed by atoms with Crippen LogP contribution in [0.25, 0.3) is 0 Å². The first-order valence-electron chi connectivity index (χ1n) is 7.79. The predicted molar refractivity (Wildman–Crippen MR) is 81.6 cm³/mol. The second-order valence-electron chi connectivity index (χ2n) is 7.55. The molecule has 0 bridgehead atoms. The quantitative estimate of drug-likeness (QED) is 0.862. The number of hydrogen-bond acceptors (Lipinski definition) is 1. The van der Waals surface area contributed by atoms with E-state index in [-0.39, 0.29) is 0 Å². The van der Waals surface area contributed by atoms with Crippen LogP contribution in [0.15, 0.2) is 24.3 Å². The van der Waals surface area contributed by atoms with E-state index in [0.29, 0.717) is 16.9 Å². The topological polar surface area (TPSA) is 12.0 Å². The monoisotopic (exact) mass is 257 g/mol. The van der Waals surface area contributed by atoms with E-state index in [9.17, 15) is 0 Å². The molecule has 0 amide bonds. The summed E-state index contributed by atoms with van der Waals surface area (Å²) in [4.78, 5) is 0. The van der Waals surface area contributed by atoms with Crippen LogP contribution in [-0.4, -0.2) is 12.6 Å². The van der Waals surface area contributed by atoms with Gasteiger partial charge in [0.1, 0.15) is 0 Å². The zero-order chi connectivity index (χ0) is 13.7. The fourth-order valence-electron chi connectivity index (χ4n) is 3.97. The van der Waals surface area contributed by atoms with Crippen molar-refractivity contribution in [2.45, 2.75) is 63.8 Å². The summed E-state index contributed by atoms with van der Waals surface area (Å²) in [6.45, 7) is 10.5. The Kier molecular flexibility index (Phi) is 3.01. The minimum Gasteiger partial charge on any atom is -0.314 e. The second-order valence-corrected chi connectivity index (χ2v) is 7.55. The average Bonchev–Trinajstić information content (AvgIpc) is 3.08. The number of nitrogens with one attached hydrogen (secondary N) is 1. The lowest BCUT2D eigenvalue weighted by Gasteiger charge is -2.38. The summed E-state index contributed by atoms with van der Waals surface area (Å²) >= 11 is 0. The molecule has 1 N–H and O–H groups in total. The average molecular weight is 257 g/mol. The molecule has 1 fully saturated rings. The Labute approximate surface area is 117 Å². The summed E-state index contributed by atoms with van der Waals surface area (Å²) in [5, 5.41) is 3.63. The normalized spacial score (nSPS) is 31.5. The Balaban J connectivity index is 1.87. The van der Waals surface area contributed by atoms with Crippen LogP contribution >= 0.6 is 0 Å². The van der Waals surface area contributed by atoms with Gasteiger partial charge < -0.3 is 5.32 Å². The van der Waals surface area contributed by atoms with E-state index in [1.807, 2.05) is 0 Å². The Morgan fingerprint density at radius 2 is 1.84 bits per heavy atom. The Bertz CT molecular complexity index is 474. The predicted octanol–water partition coefficient (Wildman–Crippen LogP) is 4.01. The molecule has 2 aliphatic carbocycles. The van der Waals surface area contributed by atoms with Crippen LogP contribution < -0.4 is 5.32 Å². The van der Waals surface area contributed by atoms with Gasteiger partial charge in [-0.3, -0.25) is 0 Å². The largest absolute Gasteiger partial charge is 0.314 e. The van der Waals surface area contributed by atoms with Crippen LogP contribution in [0, 0.1) is 5.92 Å². The Morgan fingerprint density at radius 1 is 1.16 bits per heavy atom. The fraction of sp³-hybridized carbons (Fsp3) is 0.667. The minimum absolute atomic E-state index is 0.362. The van der Waals surface area contributed by atoms with Gasteiger partial charge in [-0.05, 0) is 48.3 Å². The van der Waals surface area contributed by atoms with Crippen molar-refractivity contribution in [2.75, 3.05) is 6.54 Å². The first kappa shape index (κ1) is 13.2. The van der Waals surface area contributed by atoms with Gasteiger partial charge in [0.2, 0.25) is 0 Å². The van der Waals surface area contributed by atoms with Gasteiger partial charge in [0.25, 0.3) is 0 Å². The van der Waals surface area contributed by atoms with Crippen molar-refractivity contribution < 1.29 is 0 Å². The molecule has 104 valence electrons. The zero-order valence-corrected chi connectivity index (χ0v) is 12.8. The van der Waals surface area contributed by atoms with E-state index in [0.717, 1.165) is 5.92 Å². The summed E-state index contributed by atoms with van der Waals surface area (Å²) in [5.41, 5.74) is 4.13. The smallest absolute Gasteiger partial charge is 0.00104 e. The van der Waals surface area contributed by atoms with E-state index in [2.05, 4.69) is 57.3 Å². The molecule has 19 heavy (non-hydrogen) atoms. The minimum atomic E-state index is 0.362. The van der Waals surface area contributed by atoms with Gasteiger partial charge in [-0.15, -0.1) is 0 Å². The highest BCUT2D eigenvalue weighted by Crippen LogP contribution is 2.62. The number of hydrogen-bond donors (Lipinski definition) is 1. The summed E-state index contributed by atoms with van der Waals surface area (Å²) in [6, 6.07) is 9.80. The molecule has 3 rings (SSSR count). The van der Waals surface area contributed by atoms with E-state index < -0.39 is 0 Å². The third-order valence-corrected chi connectivity index (χ3v) is 5.39. The van der Waals surface area contributed by atoms with Crippen molar-refractivity contribution in [3.63, 3.8) is 0 Å². The van der Waals surface area contributed by atoms with Crippen LogP contribution in [0.5, 0.6) is 0 Å². The number of fused-ring (bicyclic) bond motifs is 2. The summed E-state index contributed by atoms with van der Waals surface area (Å²) < 4.78 is 0. The van der Waals surface area contributed by atoms with Crippen LogP contribution in [0.2, 0.25) is 0 Å². The maximum absolute atomic E-state index is 3.63. The number of rotatable bonds is 3. The van der Waals surface area contributed by atoms with Crippen molar-refractivity contribution in [2.24, 2.45) is 5.92 Å². The highest BCUT2D eigenvalue weighted by Gasteiger charge is 2.58. The molecule has 2 aliphatic rings. The Morgan fingerprint density at radius 3 is 2.53 bits per heavy atom. The van der Waals surface area contributed by atoms with Gasteiger partial charge in [0.05, 0.1) is 0 Å². The summed E-state index contributed by atoms with van der Waals surface area (Å²) in [7, 11) is 0. The van der Waals surface area contributed by atoms with Crippen LogP contribution in [-0.2, 0) is 10.8 Å². The van der Waals surface area contributed by atoms with E-state index in [1.54, 1.807) is 11.1 Å². The number of benzene rings is 1. The van der Waals surface area contributed by atoms with Crippen LogP contribution in [0.1, 0.15) is 58.1 Å². The molecular weight excluding hydrogens is 230 g/mol. The first-order chi connectivity index (χ1) is 8.96. The SMILES string of the molecule is CC(C)NCC1CC12CCC(C)(C)c1ccccc12. The first-order valence-corrected chi connectivity index (χ1v) is 7.79. The molecule has 1 heteroatoms. The van der Waals surface area contributed by atoms with Crippen LogP contribution in [0.4, 0.5) is 0 Å². The molecule has 0 heterocycles. The van der Waals surface area contributed by atoms with Gasteiger partial charge in [-0.2, -0.15) is 0 Å². The molecule has 1 aromatic carbocycles. The standard InChI is InChI=1S/C18H27N/c1-13(2)19-12-14-11-18(14)10-9-17(3,4)15-7-5-6-8-16(15)18/h5-8,13-14,19H,9-12H2,1-4H3. The molecule has 2 atom stereocenters. The molecule has 1 nitrogen and oxygen atoms in total. The lowest BCUT2D eigenvalue weighted by molar-refractivity contribution is 0.362. The Hall–Kier alpha value is -0.820. The molecule has 1 spiro atoms. The third-order valence-electron chi connectivity index (χ3n) is 5.39. The van der Waals surface area contributed by atoms with Crippen molar-refractivity contribution in [3.8, 4) is 0 Å². The molecule has 0 saturated heterocycles. The third kappa shape index (κ3) is 2.12. The highest BCUT2D eigenvalue weighted by molar-refractivity contribution is 5.46. The van der Waals surface area contributed by atoms with Crippen molar-refractivity contribution in [1.82, 2.24) is 5.32 Å². The second kappa shape index (κ2) is 4.34. The van der Waals surface area contributed by atoms with Gasteiger partial charge in [-0.1, -0.05) is 52.0 Å². The van der Waals surface area contributed by atoms with Crippen molar-refractivity contribution in [3.05, 3.63) is 35.4 Å². The van der Waals surface area contributed by atoms with Gasteiger partial charge in [0, 0.05) is 11.5 Å². The van der Waals surface area contributed by atoms with E-state index >= 15 is 0 Å². The zero-order valence-electron chi connectivity index (χ0n) is 12.8. The van der Waals surface area contributed by atoms with Crippen molar-refractivity contribution in [1.29, 1.82) is 0 Å². The molecule has 0 aromatic heterocycles. The molecule has 0 aliphatic heterocycles. The van der Waals surface area contributed by atoms with Gasteiger partial charge in [-0.25, -0.2) is 0 Å². The lowest BCUT2D eigenvalue weighted by Crippen LogP contribution is -2.33. The molecule has 1 saturated carbocycles. The summed E-state index contributed by atoms with van der Waals surface area (Å²) in [6.07, 6.45) is 4.10. The van der Waals surface area contributed by atoms with Crippen LogP contribution in [0.3, 0.4) is 0 Å². The summed E-state index contributed by atoms with van der Waals surface area (Å²) in [5.74, 6) is 0.854. The molecule has 1 aromatic rings. The molecule has 2 unspecified atom stereocenters. The maximum Gasteiger partial charge on any atom is 0.00104 e. The van der Waals surface area contributed by atoms with Gasteiger partial charge >= 0.3 is 0 Å². The molecule has 0 radical (unpaired) electrons. The van der Waals surface area contributed by atoms with Gasteiger partial charge in [0.15, 0.2) is 0 Å². The lowest BCUT2D eigenvalue weighted by atomic mass is 9.66. The molecular formula is C18H27N. The van der Waals surface area contributed by atoms with E-state index in [4.69, 9.17) is 0 Å². The maximum atomic E-state index is 3.63. The van der Waals surface area contributed by atoms with E-state index in [1.165, 1.54) is 25.8 Å². The highest BCUT2D eigenvalue weighted by atomic mass is 14.9. The van der Waals surface area contributed by atoms with Crippen molar-refractivity contribution >= 4 is 0 Å². The fourth-order valence-corrected chi connectivity index (χ4v) is 3.97.